The number of aromatic nitrogens is 4. The van der Waals surface area contributed by atoms with Crippen LogP contribution >= 0.6 is 0 Å². The van der Waals surface area contributed by atoms with Gasteiger partial charge in [-0.3, -0.25) is 14.2 Å². The molecular weight excluding hydrogens is 418 g/mol. The second-order valence-corrected chi connectivity index (χ2v) is 7.68. The molecule has 4 aromatic rings. The van der Waals surface area contributed by atoms with Gasteiger partial charge in [0.2, 0.25) is 0 Å². The highest BCUT2D eigenvalue weighted by Crippen LogP contribution is 2.25. The summed E-state index contributed by atoms with van der Waals surface area (Å²) in [7, 11) is 0. The first-order valence-electron chi connectivity index (χ1n) is 10.9. The summed E-state index contributed by atoms with van der Waals surface area (Å²) in [6.07, 6.45) is 4.75. The minimum absolute atomic E-state index is 0.194. The summed E-state index contributed by atoms with van der Waals surface area (Å²) in [4.78, 5) is 37.6. The van der Waals surface area contributed by atoms with Crippen LogP contribution in [0.3, 0.4) is 0 Å². The Morgan fingerprint density at radius 2 is 1.82 bits per heavy atom. The molecule has 8 nitrogen and oxygen atoms in total. The quantitative estimate of drug-likeness (QED) is 0.323. The largest absolute Gasteiger partial charge is 0.619 e. The Labute approximate surface area is 191 Å². The average molecular weight is 444 g/mol. The van der Waals surface area contributed by atoms with Gasteiger partial charge in [-0.1, -0.05) is 37.3 Å². The fourth-order valence-electron chi connectivity index (χ4n) is 4.01. The number of carbonyl (C=O) groups is 1. The summed E-state index contributed by atoms with van der Waals surface area (Å²) in [5.41, 5.74) is 1.52. The summed E-state index contributed by atoms with van der Waals surface area (Å²) in [5.74, 6) is 0.258. The fraction of sp³-hybridized carbons (Fsp3) is 0.240. The molecule has 3 heterocycles. The van der Waals surface area contributed by atoms with Crippen LogP contribution in [0.2, 0.25) is 0 Å². The predicted octanol–water partition coefficient (Wildman–Crippen LogP) is 3.09. The fourth-order valence-corrected chi connectivity index (χ4v) is 4.01. The van der Waals surface area contributed by atoms with E-state index < -0.39 is 6.04 Å². The Bertz CT molecular complexity index is 1320. The molecule has 168 valence electrons. The van der Waals surface area contributed by atoms with Crippen LogP contribution in [-0.2, 0) is 6.54 Å². The van der Waals surface area contributed by atoms with Crippen LogP contribution in [0.15, 0.2) is 78.0 Å². The Hall–Kier alpha value is -4.07. The van der Waals surface area contributed by atoms with E-state index in [-0.39, 0.29) is 11.5 Å². The molecule has 1 unspecified atom stereocenters. The van der Waals surface area contributed by atoms with E-state index in [0.29, 0.717) is 46.7 Å². The summed E-state index contributed by atoms with van der Waals surface area (Å²) in [6, 6.07) is 15.7. The van der Waals surface area contributed by atoms with E-state index in [9.17, 15) is 14.8 Å². The molecule has 0 N–H and O–H groups in total. The number of rotatable bonds is 7. The number of amides is 1. The van der Waals surface area contributed by atoms with E-state index in [4.69, 9.17) is 4.98 Å². The first-order valence-corrected chi connectivity index (χ1v) is 10.9. The summed E-state index contributed by atoms with van der Waals surface area (Å²) >= 11 is 0. The Morgan fingerprint density at radius 1 is 1.09 bits per heavy atom. The molecule has 4 rings (SSSR count). The molecule has 0 fully saturated rings. The normalized spacial score (nSPS) is 11.9. The van der Waals surface area contributed by atoms with Crippen molar-refractivity contribution in [1.29, 1.82) is 0 Å². The maximum absolute atomic E-state index is 13.5. The predicted molar refractivity (Wildman–Crippen MR) is 124 cm³/mol. The van der Waals surface area contributed by atoms with Crippen molar-refractivity contribution in [2.24, 2.45) is 0 Å². The summed E-state index contributed by atoms with van der Waals surface area (Å²) in [6.45, 7) is 4.58. The lowest BCUT2D eigenvalue weighted by molar-refractivity contribution is -0.605. The lowest BCUT2D eigenvalue weighted by Crippen LogP contribution is -2.39. The van der Waals surface area contributed by atoms with Crippen molar-refractivity contribution in [2.75, 3.05) is 6.54 Å². The molecule has 0 bridgehead atoms. The van der Waals surface area contributed by atoms with Crippen LogP contribution in [0.1, 0.15) is 48.1 Å². The lowest BCUT2D eigenvalue weighted by atomic mass is 10.1. The third kappa shape index (κ3) is 4.45. The number of pyridine rings is 2. The molecule has 8 heteroatoms. The van der Waals surface area contributed by atoms with E-state index in [1.807, 2.05) is 44.2 Å². The molecule has 0 spiro atoms. The van der Waals surface area contributed by atoms with Gasteiger partial charge in [0.15, 0.2) is 18.0 Å². The van der Waals surface area contributed by atoms with Crippen LogP contribution in [0.25, 0.3) is 11.0 Å². The van der Waals surface area contributed by atoms with Crippen LogP contribution in [0, 0.1) is 5.21 Å². The maximum atomic E-state index is 13.5. The number of fused-ring (bicyclic) bond motifs is 1. The van der Waals surface area contributed by atoms with Gasteiger partial charge in [0.05, 0.1) is 23.5 Å². The van der Waals surface area contributed by atoms with Gasteiger partial charge in [0.25, 0.3) is 11.5 Å². The van der Waals surface area contributed by atoms with Gasteiger partial charge in [-0.2, -0.15) is 4.73 Å². The molecule has 0 aliphatic carbocycles. The van der Waals surface area contributed by atoms with Gasteiger partial charge in [-0.05, 0) is 31.0 Å². The number of hydrogen-bond donors (Lipinski definition) is 0. The molecule has 0 aliphatic rings. The summed E-state index contributed by atoms with van der Waals surface area (Å²) < 4.78 is 2.28. The minimum atomic E-state index is -0.454. The minimum Gasteiger partial charge on any atom is -0.619 e. The SMILES string of the molecule is CCC(c1nc2ncccc2c(=O)n1Cc1ccccc1)N(CC)C(=O)c1cc[n+]([O-])cc1. The lowest BCUT2D eigenvalue weighted by Gasteiger charge is -2.31. The molecule has 0 saturated heterocycles. The highest BCUT2D eigenvalue weighted by Gasteiger charge is 2.28. The summed E-state index contributed by atoms with van der Waals surface area (Å²) in [5, 5.41) is 11.8. The van der Waals surface area contributed by atoms with Crippen LogP contribution in [0.5, 0.6) is 0 Å². The standard InChI is InChI=1S/C25H25N5O3/c1-3-21(29(4-2)24(31)19-12-15-28(33)16-13-19)23-27-22-20(11-8-14-26-22)25(32)30(23)17-18-9-6-5-7-10-18/h5-16,21H,3-4,17H2,1-2H3. The first-order chi connectivity index (χ1) is 16.0. The van der Waals surface area contributed by atoms with Gasteiger partial charge in [-0.25, -0.2) is 9.97 Å². The third-order valence-electron chi connectivity index (χ3n) is 5.65. The van der Waals surface area contributed by atoms with Crippen LogP contribution in [-0.4, -0.2) is 31.9 Å². The second-order valence-electron chi connectivity index (χ2n) is 7.68. The van der Waals surface area contributed by atoms with E-state index in [1.54, 1.807) is 27.8 Å². The average Bonchev–Trinajstić information content (AvgIpc) is 2.85. The molecule has 1 aromatic carbocycles. The molecule has 1 atom stereocenters. The zero-order valence-corrected chi connectivity index (χ0v) is 18.6. The topological polar surface area (TPSA) is 95.0 Å². The Kier molecular flexibility index (Phi) is 6.44. The van der Waals surface area contributed by atoms with Crippen molar-refractivity contribution in [1.82, 2.24) is 19.4 Å². The molecular formula is C25H25N5O3. The van der Waals surface area contributed by atoms with Gasteiger partial charge in [-0.15, -0.1) is 0 Å². The van der Waals surface area contributed by atoms with E-state index >= 15 is 0 Å². The van der Waals surface area contributed by atoms with Gasteiger partial charge in [0, 0.05) is 24.9 Å². The molecule has 3 aromatic heterocycles. The van der Waals surface area contributed by atoms with Gasteiger partial charge < -0.3 is 10.1 Å². The number of hydrogen-bond acceptors (Lipinski definition) is 5. The van der Waals surface area contributed by atoms with Gasteiger partial charge in [0.1, 0.15) is 5.82 Å². The van der Waals surface area contributed by atoms with Crippen molar-refractivity contribution in [2.45, 2.75) is 32.9 Å². The number of carbonyl (C=O) groups excluding carboxylic acids is 1. The zero-order valence-electron chi connectivity index (χ0n) is 18.6. The van der Waals surface area contributed by atoms with Crippen molar-refractivity contribution < 1.29 is 9.52 Å². The zero-order chi connectivity index (χ0) is 23.4. The van der Waals surface area contributed by atoms with E-state index in [2.05, 4.69) is 4.98 Å². The highest BCUT2D eigenvalue weighted by molar-refractivity contribution is 5.94. The number of benzene rings is 1. The highest BCUT2D eigenvalue weighted by atomic mass is 16.5. The monoisotopic (exact) mass is 443 g/mol. The van der Waals surface area contributed by atoms with Crippen LogP contribution in [0.4, 0.5) is 0 Å². The van der Waals surface area contributed by atoms with Crippen molar-refractivity contribution in [3.05, 3.63) is 106 Å². The van der Waals surface area contributed by atoms with Crippen molar-refractivity contribution in [3.8, 4) is 0 Å². The molecule has 33 heavy (non-hydrogen) atoms. The van der Waals surface area contributed by atoms with Crippen LogP contribution < -0.4 is 10.3 Å². The second kappa shape index (κ2) is 9.60. The maximum Gasteiger partial charge on any atom is 0.263 e. The Morgan fingerprint density at radius 3 is 2.48 bits per heavy atom. The van der Waals surface area contributed by atoms with E-state index in [1.165, 1.54) is 24.5 Å². The van der Waals surface area contributed by atoms with Crippen molar-refractivity contribution >= 4 is 16.9 Å². The Balaban J connectivity index is 1.85. The molecule has 0 saturated carbocycles. The third-order valence-corrected chi connectivity index (χ3v) is 5.65. The molecule has 0 radical (unpaired) electrons. The van der Waals surface area contributed by atoms with Gasteiger partial charge >= 0.3 is 0 Å². The molecule has 1 amide bonds. The number of nitrogens with zero attached hydrogens (tertiary/aromatic N) is 5. The smallest absolute Gasteiger partial charge is 0.263 e. The van der Waals surface area contributed by atoms with E-state index in [0.717, 1.165) is 5.56 Å². The first kappa shape index (κ1) is 22.1. The molecule has 0 aliphatic heterocycles. The van der Waals surface area contributed by atoms with Crippen molar-refractivity contribution in [3.63, 3.8) is 0 Å².